The van der Waals surface area contributed by atoms with E-state index >= 15 is 0 Å². The average molecular weight is 251 g/mol. The van der Waals surface area contributed by atoms with Gasteiger partial charge < -0.3 is 10.5 Å². The molecule has 1 aromatic heterocycles. The molecule has 1 atom stereocenters. The Bertz CT molecular complexity index is 355. The predicted molar refractivity (Wildman–Crippen MR) is 74.7 cm³/mol. The number of hydrogen-bond acceptors (Lipinski definition) is 4. The van der Waals surface area contributed by atoms with E-state index in [9.17, 15) is 0 Å². The van der Waals surface area contributed by atoms with Crippen LogP contribution in [0.3, 0.4) is 0 Å². The minimum absolute atomic E-state index is 0.182. The molecule has 0 aliphatic carbocycles. The van der Waals surface area contributed by atoms with E-state index in [2.05, 4.69) is 23.8 Å². The van der Waals surface area contributed by atoms with Gasteiger partial charge in [-0.3, -0.25) is 0 Å². The van der Waals surface area contributed by atoms with Crippen molar-refractivity contribution >= 4 is 5.82 Å². The molecule has 4 nitrogen and oxygen atoms in total. The molecule has 0 saturated heterocycles. The average Bonchev–Trinajstić information content (AvgIpc) is 2.35. The highest BCUT2D eigenvalue weighted by molar-refractivity contribution is 5.44. The van der Waals surface area contributed by atoms with E-state index in [1.54, 1.807) is 0 Å². The summed E-state index contributed by atoms with van der Waals surface area (Å²) < 4.78 is 5.87. The van der Waals surface area contributed by atoms with Crippen molar-refractivity contribution in [3.8, 4) is 5.88 Å². The van der Waals surface area contributed by atoms with Crippen molar-refractivity contribution in [1.29, 1.82) is 0 Å². The third-order valence-electron chi connectivity index (χ3n) is 3.07. The lowest BCUT2D eigenvalue weighted by Crippen LogP contribution is -2.14. The molecule has 0 saturated carbocycles. The lowest BCUT2D eigenvalue weighted by molar-refractivity contribution is 0.196. The first-order chi connectivity index (χ1) is 8.69. The molecule has 0 fully saturated rings. The van der Waals surface area contributed by atoms with E-state index < -0.39 is 0 Å². The Hall–Kier alpha value is -1.32. The van der Waals surface area contributed by atoms with Crippen LogP contribution in [-0.4, -0.2) is 16.1 Å². The maximum absolute atomic E-state index is 5.87. The minimum atomic E-state index is 0.182. The van der Waals surface area contributed by atoms with Gasteiger partial charge in [-0.25, -0.2) is 9.97 Å². The topological polar surface area (TPSA) is 61.0 Å². The molecule has 0 bridgehead atoms. The molecule has 1 unspecified atom stereocenters. The number of nitrogen functional groups attached to an aromatic ring is 1. The van der Waals surface area contributed by atoms with Gasteiger partial charge in [0.05, 0.1) is 11.7 Å². The summed E-state index contributed by atoms with van der Waals surface area (Å²) in [6.07, 6.45) is 8.55. The van der Waals surface area contributed by atoms with Crippen molar-refractivity contribution in [1.82, 2.24) is 9.97 Å². The fourth-order valence-electron chi connectivity index (χ4n) is 1.95. The third-order valence-corrected chi connectivity index (χ3v) is 3.07. The number of rotatable bonds is 8. The van der Waals surface area contributed by atoms with Crippen molar-refractivity contribution in [3.63, 3.8) is 0 Å². The van der Waals surface area contributed by atoms with Crippen LogP contribution in [0.2, 0.25) is 0 Å². The van der Waals surface area contributed by atoms with Crippen molar-refractivity contribution in [3.05, 3.63) is 11.9 Å². The van der Waals surface area contributed by atoms with Crippen LogP contribution >= 0.6 is 0 Å². The zero-order chi connectivity index (χ0) is 13.4. The summed E-state index contributed by atoms with van der Waals surface area (Å²) in [5.74, 6) is 1.17. The molecule has 2 N–H and O–H groups in total. The summed E-state index contributed by atoms with van der Waals surface area (Å²) in [6.45, 7) is 6.34. The molecule has 0 aromatic carbocycles. The molecule has 1 aromatic rings. The molecule has 4 heteroatoms. The van der Waals surface area contributed by atoms with Gasteiger partial charge in [0.25, 0.3) is 0 Å². The van der Waals surface area contributed by atoms with Gasteiger partial charge in [0.1, 0.15) is 12.1 Å². The van der Waals surface area contributed by atoms with Crippen LogP contribution in [-0.2, 0) is 6.42 Å². The van der Waals surface area contributed by atoms with Gasteiger partial charge in [-0.15, -0.1) is 0 Å². The van der Waals surface area contributed by atoms with E-state index in [0.717, 1.165) is 18.4 Å². The lowest BCUT2D eigenvalue weighted by atomic mass is 10.1. The van der Waals surface area contributed by atoms with E-state index in [1.807, 2.05) is 6.92 Å². The Kier molecular flexibility index (Phi) is 6.47. The number of anilines is 1. The Morgan fingerprint density at radius 3 is 2.67 bits per heavy atom. The lowest BCUT2D eigenvalue weighted by Gasteiger charge is -2.16. The van der Waals surface area contributed by atoms with Crippen LogP contribution in [0.5, 0.6) is 5.88 Å². The third kappa shape index (κ3) is 4.51. The zero-order valence-corrected chi connectivity index (χ0v) is 11.8. The van der Waals surface area contributed by atoms with Crippen molar-refractivity contribution < 1.29 is 4.74 Å². The van der Waals surface area contributed by atoms with Crippen LogP contribution < -0.4 is 10.5 Å². The molecule has 0 aliphatic heterocycles. The van der Waals surface area contributed by atoms with Gasteiger partial charge in [-0.1, -0.05) is 33.1 Å². The number of nitrogens with zero attached hydrogens (tertiary/aromatic N) is 2. The summed E-state index contributed by atoms with van der Waals surface area (Å²) in [4.78, 5) is 8.17. The largest absolute Gasteiger partial charge is 0.474 e. The highest BCUT2D eigenvalue weighted by Gasteiger charge is 2.11. The first-order valence-electron chi connectivity index (χ1n) is 6.95. The molecule has 0 amide bonds. The first-order valence-corrected chi connectivity index (χ1v) is 6.95. The molecule has 0 spiro atoms. The summed E-state index contributed by atoms with van der Waals surface area (Å²) in [7, 11) is 0. The highest BCUT2D eigenvalue weighted by atomic mass is 16.5. The second-order valence-electron chi connectivity index (χ2n) is 4.67. The Balaban J connectivity index is 2.48. The summed E-state index contributed by atoms with van der Waals surface area (Å²) in [5, 5.41) is 0. The Morgan fingerprint density at radius 1 is 1.22 bits per heavy atom. The van der Waals surface area contributed by atoms with Crippen LogP contribution in [0.4, 0.5) is 5.82 Å². The van der Waals surface area contributed by atoms with Crippen molar-refractivity contribution in [2.24, 2.45) is 0 Å². The Labute approximate surface area is 110 Å². The van der Waals surface area contributed by atoms with Crippen LogP contribution in [0, 0.1) is 0 Å². The molecule has 18 heavy (non-hydrogen) atoms. The zero-order valence-electron chi connectivity index (χ0n) is 11.8. The fraction of sp³-hybridized carbons (Fsp3) is 0.714. The molecule has 1 rings (SSSR count). The predicted octanol–water partition coefficient (Wildman–Crippen LogP) is 3.36. The maximum Gasteiger partial charge on any atom is 0.222 e. The van der Waals surface area contributed by atoms with E-state index in [1.165, 1.54) is 32.0 Å². The molecular weight excluding hydrogens is 226 g/mol. The van der Waals surface area contributed by atoms with Crippen LogP contribution in [0.25, 0.3) is 0 Å². The maximum atomic E-state index is 5.87. The van der Waals surface area contributed by atoms with E-state index in [4.69, 9.17) is 10.5 Å². The monoisotopic (exact) mass is 251 g/mol. The van der Waals surface area contributed by atoms with E-state index in [-0.39, 0.29) is 6.10 Å². The summed E-state index contributed by atoms with van der Waals surface area (Å²) in [6, 6.07) is 0. The highest BCUT2D eigenvalue weighted by Crippen LogP contribution is 2.22. The summed E-state index contributed by atoms with van der Waals surface area (Å²) in [5.41, 5.74) is 6.73. The molecule has 0 aliphatic rings. The first kappa shape index (κ1) is 14.7. The SMILES string of the molecule is CCCCCCC(C)Oc1ncnc(N)c1CC. The second kappa shape index (κ2) is 7.90. The van der Waals surface area contributed by atoms with Gasteiger partial charge in [0, 0.05) is 0 Å². The standard InChI is InChI=1S/C14H25N3O/c1-4-6-7-8-9-11(3)18-14-12(5-2)13(15)16-10-17-14/h10-11H,4-9H2,1-3H3,(H2,15,16,17). The van der Waals surface area contributed by atoms with Gasteiger partial charge in [-0.2, -0.15) is 0 Å². The van der Waals surface area contributed by atoms with Gasteiger partial charge in [-0.05, 0) is 26.2 Å². The number of unbranched alkanes of at least 4 members (excludes halogenated alkanes) is 3. The summed E-state index contributed by atoms with van der Waals surface area (Å²) >= 11 is 0. The molecule has 1 heterocycles. The van der Waals surface area contributed by atoms with Gasteiger partial charge >= 0.3 is 0 Å². The normalized spacial score (nSPS) is 12.4. The van der Waals surface area contributed by atoms with Crippen molar-refractivity contribution in [2.75, 3.05) is 5.73 Å². The number of aromatic nitrogens is 2. The minimum Gasteiger partial charge on any atom is -0.474 e. The number of nitrogens with two attached hydrogens (primary N) is 1. The number of ether oxygens (including phenoxy) is 1. The second-order valence-corrected chi connectivity index (χ2v) is 4.67. The van der Waals surface area contributed by atoms with Crippen molar-refractivity contribution in [2.45, 2.75) is 65.4 Å². The fourth-order valence-corrected chi connectivity index (χ4v) is 1.95. The molecule has 0 radical (unpaired) electrons. The smallest absolute Gasteiger partial charge is 0.222 e. The van der Waals surface area contributed by atoms with Crippen LogP contribution in [0.1, 0.15) is 58.4 Å². The van der Waals surface area contributed by atoms with Gasteiger partial charge in [0.15, 0.2) is 0 Å². The van der Waals surface area contributed by atoms with Crippen LogP contribution in [0.15, 0.2) is 6.33 Å². The molecule has 102 valence electrons. The Morgan fingerprint density at radius 2 is 2.00 bits per heavy atom. The van der Waals surface area contributed by atoms with Gasteiger partial charge in [0.2, 0.25) is 5.88 Å². The number of hydrogen-bond donors (Lipinski definition) is 1. The van der Waals surface area contributed by atoms with E-state index in [0.29, 0.717) is 11.7 Å². The molecular formula is C14H25N3O. The quantitative estimate of drug-likeness (QED) is 0.720.